The van der Waals surface area contributed by atoms with E-state index in [-0.39, 0.29) is 24.1 Å². The van der Waals surface area contributed by atoms with Gasteiger partial charge in [0.2, 0.25) is 0 Å². The first-order valence-corrected chi connectivity index (χ1v) is 8.04. The summed E-state index contributed by atoms with van der Waals surface area (Å²) in [5, 5.41) is 20.4. The molecule has 2 N–H and O–H groups in total. The van der Waals surface area contributed by atoms with Crippen molar-refractivity contribution in [2.24, 2.45) is 0 Å². The van der Waals surface area contributed by atoms with E-state index in [9.17, 15) is 4.79 Å². The van der Waals surface area contributed by atoms with Gasteiger partial charge in [-0.05, 0) is 50.5 Å². The van der Waals surface area contributed by atoms with Crippen molar-refractivity contribution < 1.29 is 24.5 Å². The van der Waals surface area contributed by atoms with Crippen LogP contribution in [-0.2, 0) is 9.53 Å². The largest absolute Gasteiger partial charge is 0.483 e. The highest BCUT2D eigenvalue weighted by Gasteiger charge is 2.43. The van der Waals surface area contributed by atoms with Crippen molar-refractivity contribution >= 4 is 12.4 Å². The fourth-order valence-corrected chi connectivity index (χ4v) is 3.52. The van der Waals surface area contributed by atoms with Gasteiger partial charge in [0, 0.05) is 5.92 Å². The molecule has 1 aromatic heterocycles. The first kappa shape index (κ1) is 17.1. The Balaban J connectivity index is 0.000000569. The van der Waals surface area contributed by atoms with Gasteiger partial charge in [0.25, 0.3) is 6.47 Å². The number of aromatic nitrogens is 3. The summed E-state index contributed by atoms with van der Waals surface area (Å²) in [5.74, 6) is 0.995. The lowest BCUT2D eigenvalue weighted by Crippen LogP contribution is -2.19. The lowest BCUT2D eigenvalue weighted by Gasteiger charge is -2.18. The van der Waals surface area contributed by atoms with Gasteiger partial charge >= 0.3 is 5.97 Å². The van der Waals surface area contributed by atoms with Crippen LogP contribution < -0.4 is 0 Å². The quantitative estimate of drug-likeness (QED) is 0.818. The average Bonchev–Trinajstić information content (AvgIpc) is 3.30. The first-order valence-electron chi connectivity index (χ1n) is 8.04. The molecule has 2 bridgehead atoms. The first-order chi connectivity index (χ1) is 12.0. The molecule has 0 unspecified atom stereocenters. The van der Waals surface area contributed by atoms with Crippen molar-refractivity contribution in [2.75, 3.05) is 0 Å². The molecular formula is C17H19N3O5. The zero-order valence-electron chi connectivity index (χ0n) is 13.7. The SMILES string of the molecule is Cc1nc([C@@H]2C[C@@H]3CC[C@H]2O3)n(-c2ccc(C(=O)O)cc2)n1.O=CO. The van der Waals surface area contributed by atoms with Crippen molar-refractivity contribution in [3.63, 3.8) is 0 Å². The van der Waals surface area contributed by atoms with E-state index in [1.165, 1.54) is 0 Å². The van der Waals surface area contributed by atoms with Crippen molar-refractivity contribution in [1.82, 2.24) is 14.8 Å². The van der Waals surface area contributed by atoms with E-state index in [1.807, 2.05) is 11.6 Å². The number of aryl methyl sites for hydroxylation is 1. The molecule has 3 atom stereocenters. The van der Waals surface area contributed by atoms with E-state index >= 15 is 0 Å². The van der Waals surface area contributed by atoms with Gasteiger partial charge in [-0.2, -0.15) is 5.10 Å². The molecule has 2 saturated heterocycles. The highest BCUT2D eigenvalue weighted by molar-refractivity contribution is 5.87. The van der Waals surface area contributed by atoms with Gasteiger partial charge in [-0.15, -0.1) is 0 Å². The van der Waals surface area contributed by atoms with E-state index < -0.39 is 5.97 Å². The molecule has 2 aliphatic rings. The van der Waals surface area contributed by atoms with Crippen molar-refractivity contribution in [3.05, 3.63) is 41.5 Å². The Bertz CT molecular complexity index is 771. The Morgan fingerprint density at radius 2 is 2.00 bits per heavy atom. The van der Waals surface area contributed by atoms with Gasteiger partial charge < -0.3 is 14.9 Å². The second-order valence-corrected chi connectivity index (χ2v) is 6.10. The number of hydrogen-bond donors (Lipinski definition) is 2. The smallest absolute Gasteiger partial charge is 0.335 e. The van der Waals surface area contributed by atoms with E-state index in [0.29, 0.717) is 6.10 Å². The monoisotopic (exact) mass is 345 g/mol. The molecule has 1 aromatic carbocycles. The highest BCUT2D eigenvalue weighted by Crippen LogP contribution is 2.44. The maximum atomic E-state index is 11.0. The molecule has 8 nitrogen and oxygen atoms in total. The molecule has 0 aliphatic carbocycles. The number of ether oxygens (including phenoxy) is 1. The molecule has 3 heterocycles. The Hall–Kier alpha value is -2.74. The number of fused-ring (bicyclic) bond motifs is 2. The van der Waals surface area contributed by atoms with Crippen LogP contribution >= 0.6 is 0 Å². The number of carboxylic acids is 1. The highest BCUT2D eigenvalue weighted by atomic mass is 16.5. The molecule has 0 saturated carbocycles. The van der Waals surface area contributed by atoms with Gasteiger partial charge in [-0.1, -0.05) is 0 Å². The van der Waals surface area contributed by atoms with Crippen molar-refractivity contribution in [2.45, 2.75) is 44.3 Å². The topological polar surface area (TPSA) is 115 Å². The van der Waals surface area contributed by atoms with E-state index in [4.69, 9.17) is 19.7 Å². The maximum Gasteiger partial charge on any atom is 0.335 e. The van der Waals surface area contributed by atoms with Crippen molar-refractivity contribution in [1.29, 1.82) is 0 Å². The van der Waals surface area contributed by atoms with Gasteiger partial charge in [0.1, 0.15) is 11.6 Å². The summed E-state index contributed by atoms with van der Waals surface area (Å²) < 4.78 is 7.76. The van der Waals surface area contributed by atoms with Gasteiger partial charge in [-0.3, -0.25) is 4.79 Å². The van der Waals surface area contributed by atoms with Crippen LogP contribution in [0.1, 0.15) is 47.2 Å². The third-order valence-corrected chi connectivity index (χ3v) is 4.53. The zero-order valence-corrected chi connectivity index (χ0v) is 13.7. The molecule has 25 heavy (non-hydrogen) atoms. The van der Waals surface area contributed by atoms with Crippen molar-refractivity contribution in [3.8, 4) is 5.69 Å². The summed E-state index contributed by atoms with van der Waals surface area (Å²) in [4.78, 5) is 23.9. The molecular weight excluding hydrogens is 326 g/mol. The Morgan fingerprint density at radius 1 is 1.32 bits per heavy atom. The number of benzene rings is 1. The minimum atomic E-state index is -0.928. The number of nitrogens with zero attached hydrogens (tertiary/aromatic N) is 3. The second kappa shape index (κ2) is 7.02. The molecule has 8 heteroatoms. The number of hydrogen-bond acceptors (Lipinski definition) is 5. The normalized spacial score (nSPS) is 23.8. The minimum absolute atomic E-state index is 0.241. The van der Waals surface area contributed by atoms with Crippen LogP contribution in [0.25, 0.3) is 5.69 Å². The number of aromatic carboxylic acids is 1. The van der Waals surface area contributed by atoms with E-state index in [2.05, 4.69) is 10.1 Å². The Kier molecular flexibility index (Phi) is 4.80. The van der Waals surface area contributed by atoms with Gasteiger partial charge in [-0.25, -0.2) is 14.5 Å². The van der Waals surface area contributed by atoms with Crippen LogP contribution in [0.2, 0.25) is 0 Å². The van der Waals surface area contributed by atoms with Crippen LogP contribution in [-0.4, -0.2) is 49.6 Å². The average molecular weight is 345 g/mol. The van der Waals surface area contributed by atoms with Crippen LogP contribution in [0.15, 0.2) is 24.3 Å². The van der Waals surface area contributed by atoms with E-state index in [1.54, 1.807) is 24.3 Å². The molecule has 2 aromatic rings. The number of carbonyl (C=O) groups is 2. The van der Waals surface area contributed by atoms with Gasteiger partial charge in [0.05, 0.1) is 23.5 Å². The van der Waals surface area contributed by atoms with Crippen LogP contribution in [0, 0.1) is 6.92 Å². The molecule has 0 radical (unpaired) electrons. The zero-order chi connectivity index (χ0) is 18.0. The summed E-state index contributed by atoms with van der Waals surface area (Å²) in [6, 6.07) is 6.73. The van der Waals surface area contributed by atoms with Gasteiger partial charge in [0.15, 0.2) is 0 Å². The molecule has 2 aliphatic heterocycles. The fourth-order valence-electron chi connectivity index (χ4n) is 3.52. The standard InChI is InChI=1S/C16H17N3O3.CH2O2/c1-9-17-15(13-8-12-6-7-14(13)22-12)19(18-9)11-4-2-10(3-5-11)16(20)21;2-1-3/h2-5,12-14H,6-8H2,1H3,(H,20,21);1H,(H,2,3)/t12-,13+,14+;/m0./s1. The molecule has 2 fully saturated rings. The number of carboxylic acid groups (broad SMARTS) is 2. The lowest BCUT2D eigenvalue weighted by atomic mass is 9.88. The summed E-state index contributed by atoms with van der Waals surface area (Å²) in [5.41, 5.74) is 1.11. The van der Waals surface area contributed by atoms with Crippen LogP contribution in [0.3, 0.4) is 0 Å². The molecule has 132 valence electrons. The third-order valence-electron chi connectivity index (χ3n) is 4.53. The van der Waals surface area contributed by atoms with E-state index in [0.717, 1.165) is 36.6 Å². The third kappa shape index (κ3) is 3.39. The predicted octanol–water partition coefficient (Wildman–Crippen LogP) is 2.01. The Labute approximate surface area is 144 Å². The Morgan fingerprint density at radius 3 is 2.52 bits per heavy atom. The number of rotatable bonds is 3. The fraction of sp³-hybridized carbons (Fsp3) is 0.412. The summed E-state index contributed by atoms with van der Waals surface area (Å²) in [6.07, 6.45) is 3.82. The summed E-state index contributed by atoms with van der Waals surface area (Å²) in [7, 11) is 0. The summed E-state index contributed by atoms with van der Waals surface area (Å²) in [6.45, 7) is 1.62. The lowest BCUT2D eigenvalue weighted by molar-refractivity contribution is -0.122. The molecule has 0 amide bonds. The molecule has 0 spiro atoms. The second-order valence-electron chi connectivity index (χ2n) is 6.10. The summed E-state index contributed by atoms with van der Waals surface area (Å²) >= 11 is 0. The van der Waals surface area contributed by atoms with Crippen LogP contribution in [0.5, 0.6) is 0 Å². The minimum Gasteiger partial charge on any atom is -0.483 e. The predicted molar refractivity (Wildman–Crippen MR) is 87.0 cm³/mol. The maximum absolute atomic E-state index is 11.0. The van der Waals surface area contributed by atoms with Crippen LogP contribution in [0.4, 0.5) is 0 Å². The molecule has 4 rings (SSSR count).